The van der Waals surface area contributed by atoms with Gasteiger partial charge in [-0.15, -0.1) is 5.10 Å². The summed E-state index contributed by atoms with van der Waals surface area (Å²) in [5, 5.41) is 21.4. The molecule has 4 rings (SSSR count). The number of aliphatic hydroxyl groups excluding tert-OH is 1. The Bertz CT molecular complexity index is 902. The number of nitrogens with zero attached hydrogens (tertiary/aromatic N) is 6. The van der Waals surface area contributed by atoms with Crippen molar-refractivity contribution in [2.75, 3.05) is 19.7 Å². The number of hydrogen-bond acceptors (Lipinski definition) is 5. The molecule has 0 spiro atoms. The summed E-state index contributed by atoms with van der Waals surface area (Å²) in [6, 6.07) is 5.73. The van der Waals surface area contributed by atoms with Crippen LogP contribution in [0, 0.1) is 5.92 Å². The van der Waals surface area contributed by atoms with Crippen LogP contribution in [-0.2, 0) is 13.0 Å². The first-order chi connectivity index (χ1) is 12.7. The van der Waals surface area contributed by atoms with Gasteiger partial charge in [0.2, 0.25) is 0 Å². The molecular formula is C18H22N6O2. The Kier molecular flexibility index (Phi) is 4.66. The van der Waals surface area contributed by atoms with Crippen LogP contribution in [0.3, 0.4) is 0 Å². The van der Waals surface area contributed by atoms with Crippen LogP contribution in [0.5, 0.6) is 0 Å². The molecule has 3 aromatic heterocycles. The second-order valence-corrected chi connectivity index (χ2v) is 6.75. The maximum Gasteiger partial charge on any atom is 0.257 e. The number of aromatic nitrogens is 5. The fourth-order valence-electron chi connectivity index (χ4n) is 3.59. The van der Waals surface area contributed by atoms with E-state index in [1.54, 1.807) is 10.7 Å². The number of fused-ring (bicyclic) bond motifs is 1. The van der Waals surface area contributed by atoms with E-state index in [2.05, 4.69) is 15.4 Å². The molecule has 0 aromatic carbocycles. The van der Waals surface area contributed by atoms with Gasteiger partial charge in [0.05, 0.1) is 23.0 Å². The van der Waals surface area contributed by atoms with Crippen molar-refractivity contribution < 1.29 is 9.90 Å². The Balaban J connectivity index is 1.45. The number of piperidine rings is 1. The first-order valence-electron chi connectivity index (χ1n) is 8.96. The molecular weight excluding hydrogens is 332 g/mol. The maximum atomic E-state index is 13.0. The molecule has 0 aliphatic carbocycles. The second-order valence-electron chi connectivity index (χ2n) is 6.75. The van der Waals surface area contributed by atoms with Gasteiger partial charge in [-0.2, -0.15) is 5.10 Å². The normalized spacial score (nSPS) is 17.7. The molecule has 0 saturated carbocycles. The predicted molar refractivity (Wildman–Crippen MR) is 94.6 cm³/mol. The van der Waals surface area contributed by atoms with Crippen LogP contribution in [0.4, 0.5) is 0 Å². The molecule has 26 heavy (non-hydrogen) atoms. The summed E-state index contributed by atoms with van der Waals surface area (Å²) in [5.41, 5.74) is 2.28. The molecule has 8 nitrogen and oxygen atoms in total. The first kappa shape index (κ1) is 16.7. The molecule has 8 heteroatoms. The molecule has 1 unspecified atom stereocenters. The van der Waals surface area contributed by atoms with E-state index in [0.29, 0.717) is 24.4 Å². The van der Waals surface area contributed by atoms with Gasteiger partial charge < -0.3 is 10.0 Å². The van der Waals surface area contributed by atoms with Crippen molar-refractivity contribution in [2.24, 2.45) is 5.92 Å². The largest absolute Gasteiger partial charge is 0.396 e. The lowest BCUT2D eigenvalue weighted by molar-refractivity contribution is 0.0661. The topological polar surface area (TPSA) is 88.6 Å². The Labute approximate surface area is 151 Å². The lowest BCUT2D eigenvalue weighted by Crippen LogP contribution is -2.41. The van der Waals surface area contributed by atoms with E-state index in [9.17, 15) is 4.79 Å². The van der Waals surface area contributed by atoms with Crippen molar-refractivity contribution in [3.8, 4) is 0 Å². The molecule has 3 aromatic rings. The highest BCUT2D eigenvalue weighted by atomic mass is 16.3. The Morgan fingerprint density at radius 3 is 3.15 bits per heavy atom. The average Bonchev–Trinajstić information content (AvgIpc) is 3.28. The van der Waals surface area contributed by atoms with E-state index in [1.807, 2.05) is 40.2 Å². The lowest BCUT2D eigenvalue weighted by atomic mass is 9.97. The second kappa shape index (κ2) is 7.25. The van der Waals surface area contributed by atoms with Crippen molar-refractivity contribution in [1.29, 1.82) is 0 Å². The van der Waals surface area contributed by atoms with Crippen LogP contribution in [-0.4, -0.2) is 60.2 Å². The molecule has 1 N–H and O–H groups in total. The smallest absolute Gasteiger partial charge is 0.257 e. The predicted octanol–water partition coefficient (Wildman–Crippen LogP) is 1.01. The summed E-state index contributed by atoms with van der Waals surface area (Å²) in [7, 11) is 0. The highest BCUT2D eigenvalue weighted by Gasteiger charge is 2.26. The average molecular weight is 354 g/mol. The van der Waals surface area contributed by atoms with Crippen molar-refractivity contribution in [3.63, 3.8) is 0 Å². The Hall–Kier alpha value is -2.74. The minimum absolute atomic E-state index is 0.0375. The van der Waals surface area contributed by atoms with Gasteiger partial charge in [-0.1, -0.05) is 11.3 Å². The molecule has 1 aliphatic heterocycles. The molecule has 1 saturated heterocycles. The van der Waals surface area contributed by atoms with Crippen LogP contribution >= 0.6 is 0 Å². The number of likely N-dealkylation sites (tertiary alicyclic amines) is 1. The van der Waals surface area contributed by atoms with Gasteiger partial charge in [-0.05, 0) is 30.9 Å². The Morgan fingerprint density at radius 2 is 2.27 bits per heavy atom. The first-order valence-corrected chi connectivity index (χ1v) is 8.96. The van der Waals surface area contributed by atoms with Crippen molar-refractivity contribution in [1.82, 2.24) is 29.5 Å². The van der Waals surface area contributed by atoms with Gasteiger partial charge in [0.15, 0.2) is 0 Å². The van der Waals surface area contributed by atoms with E-state index in [1.165, 1.54) is 0 Å². The van der Waals surface area contributed by atoms with Crippen molar-refractivity contribution in [2.45, 2.75) is 25.8 Å². The molecule has 136 valence electrons. The number of amides is 1. The quantitative estimate of drug-likeness (QED) is 0.739. The van der Waals surface area contributed by atoms with Crippen LogP contribution in [0.15, 0.2) is 36.8 Å². The number of pyridine rings is 1. The third kappa shape index (κ3) is 3.32. The van der Waals surface area contributed by atoms with Gasteiger partial charge in [-0.25, -0.2) is 4.52 Å². The van der Waals surface area contributed by atoms with Gasteiger partial charge >= 0.3 is 0 Å². The number of hydrogen-bond donors (Lipinski definition) is 1. The van der Waals surface area contributed by atoms with Crippen molar-refractivity contribution in [3.05, 3.63) is 48.0 Å². The highest BCUT2D eigenvalue weighted by molar-refractivity contribution is 6.00. The van der Waals surface area contributed by atoms with E-state index >= 15 is 0 Å². The van der Waals surface area contributed by atoms with Crippen molar-refractivity contribution >= 4 is 11.4 Å². The molecule has 0 radical (unpaired) electrons. The molecule has 1 atom stereocenters. The summed E-state index contributed by atoms with van der Waals surface area (Å²) in [5.74, 6) is 0.383. The zero-order chi connectivity index (χ0) is 17.9. The van der Waals surface area contributed by atoms with E-state index in [-0.39, 0.29) is 12.5 Å². The number of carbonyl (C=O) groups excluding carboxylic acids is 1. The zero-order valence-corrected chi connectivity index (χ0v) is 14.5. The summed E-state index contributed by atoms with van der Waals surface area (Å²) >= 11 is 0. The molecule has 1 amide bonds. The standard InChI is InChI=1S/C18H22N6O2/c25-9-6-15-13-23(21-20-15)12-14-4-3-7-22(11-14)18(26)16-10-19-24-8-2-1-5-17(16)24/h1-2,5,8,10,13-14,25H,3-4,6-7,9,11-12H2. The summed E-state index contributed by atoms with van der Waals surface area (Å²) in [6.45, 7) is 2.28. The minimum atomic E-state index is 0.0375. The zero-order valence-electron chi connectivity index (χ0n) is 14.5. The third-order valence-electron chi connectivity index (χ3n) is 4.86. The van der Waals surface area contributed by atoms with Crippen LogP contribution in [0.1, 0.15) is 28.9 Å². The summed E-state index contributed by atoms with van der Waals surface area (Å²) in [6.07, 6.45) is 7.94. The van der Waals surface area contributed by atoms with Crippen LogP contribution in [0.25, 0.3) is 5.52 Å². The minimum Gasteiger partial charge on any atom is -0.396 e. The van der Waals surface area contributed by atoms with Crippen LogP contribution < -0.4 is 0 Å². The SMILES string of the molecule is O=C(c1cnn2ccccc12)N1CCCC(Cn2cc(CCO)nn2)C1. The van der Waals surface area contributed by atoms with Gasteiger partial charge in [-0.3, -0.25) is 9.48 Å². The Morgan fingerprint density at radius 1 is 1.35 bits per heavy atom. The van der Waals surface area contributed by atoms with E-state index < -0.39 is 0 Å². The number of rotatable bonds is 5. The number of carbonyl (C=O) groups is 1. The lowest BCUT2D eigenvalue weighted by Gasteiger charge is -2.32. The van der Waals surface area contributed by atoms with Gasteiger partial charge in [0.25, 0.3) is 5.91 Å². The maximum absolute atomic E-state index is 13.0. The third-order valence-corrected chi connectivity index (χ3v) is 4.86. The van der Waals surface area contributed by atoms with E-state index in [4.69, 9.17) is 5.11 Å². The highest BCUT2D eigenvalue weighted by Crippen LogP contribution is 2.21. The summed E-state index contributed by atoms with van der Waals surface area (Å²) in [4.78, 5) is 14.9. The molecule has 1 fully saturated rings. The molecule has 0 bridgehead atoms. The fourth-order valence-corrected chi connectivity index (χ4v) is 3.59. The van der Waals surface area contributed by atoms with Gasteiger partial charge in [0, 0.05) is 45.1 Å². The van der Waals surface area contributed by atoms with Gasteiger partial charge in [0.1, 0.15) is 0 Å². The monoisotopic (exact) mass is 354 g/mol. The fraction of sp³-hybridized carbons (Fsp3) is 0.444. The van der Waals surface area contributed by atoms with Crippen LogP contribution in [0.2, 0.25) is 0 Å². The summed E-state index contributed by atoms with van der Waals surface area (Å²) < 4.78 is 3.55. The van der Waals surface area contributed by atoms with E-state index in [0.717, 1.165) is 37.1 Å². The number of aliphatic hydroxyl groups is 1. The molecule has 4 heterocycles. The molecule has 1 aliphatic rings.